The van der Waals surface area contributed by atoms with Crippen molar-refractivity contribution in [3.05, 3.63) is 30.2 Å². The minimum atomic E-state index is -4.71. The Bertz CT molecular complexity index is 811. The van der Waals surface area contributed by atoms with Crippen molar-refractivity contribution in [2.45, 2.75) is 11.1 Å². The van der Waals surface area contributed by atoms with E-state index in [2.05, 4.69) is 19.0 Å². The van der Waals surface area contributed by atoms with Gasteiger partial charge in [0.25, 0.3) is 0 Å². The molecule has 0 amide bonds. The van der Waals surface area contributed by atoms with E-state index in [1.54, 1.807) is 0 Å². The molecule has 2 rings (SSSR count). The molecule has 1 atom stereocenters. The molecule has 0 aliphatic carbocycles. The van der Waals surface area contributed by atoms with Crippen LogP contribution < -0.4 is 0 Å². The fourth-order valence-corrected chi connectivity index (χ4v) is 2.35. The lowest BCUT2D eigenvalue weighted by molar-refractivity contribution is -0.159. The van der Waals surface area contributed by atoms with Crippen LogP contribution in [0, 0.1) is 11.5 Å². The van der Waals surface area contributed by atoms with Crippen molar-refractivity contribution in [1.29, 1.82) is 5.26 Å². The van der Waals surface area contributed by atoms with Gasteiger partial charge < -0.3 is 4.52 Å². The van der Waals surface area contributed by atoms with Gasteiger partial charge in [0.05, 0.1) is 9.73 Å². The number of hydrogen-bond donors (Lipinski definition) is 0. The molecule has 21 heavy (non-hydrogen) atoms. The summed E-state index contributed by atoms with van der Waals surface area (Å²) in [5.41, 5.74) is 0.255. The number of benzene rings is 1. The van der Waals surface area contributed by atoms with Gasteiger partial charge in [-0.15, -0.1) is 4.36 Å². The Hall–Kier alpha value is -2.41. The normalized spacial score (nSPS) is 14.2. The molecule has 1 unspecified atom stereocenters. The third kappa shape index (κ3) is 3.19. The number of halogens is 3. The average molecular weight is 316 g/mol. The molecule has 0 aliphatic heterocycles. The Kier molecular flexibility index (Phi) is 3.69. The van der Waals surface area contributed by atoms with Crippen LogP contribution in [0.25, 0.3) is 11.4 Å². The molecule has 0 N–H and O–H groups in total. The summed E-state index contributed by atoms with van der Waals surface area (Å²) in [5.74, 6) is -1.69. The maximum absolute atomic E-state index is 12.3. The Balaban J connectivity index is 2.37. The molecule has 0 spiro atoms. The smallest absolute Gasteiger partial charge is 0.329 e. The van der Waals surface area contributed by atoms with Crippen molar-refractivity contribution in [3.63, 3.8) is 0 Å². The number of hydrogen-bond acceptors (Lipinski definition) is 6. The summed E-state index contributed by atoms with van der Waals surface area (Å²) in [6.45, 7) is 0. The van der Waals surface area contributed by atoms with Crippen LogP contribution in [0.5, 0.6) is 0 Å². The summed E-state index contributed by atoms with van der Waals surface area (Å²) in [6, 6.07) is 5.50. The van der Waals surface area contributed by atoms with Gasteiger partial charge in [-0.3, -0.25) is 0 Å². The van der Waals surface area contributed by atoms with Crippen LogP contribution in [0.15, 0.2) is 38.0 Å². The number of alkyl halides is 3. The minimum Gasteiger partial charge on any atom is -0.329 e. The third-order valence-corrected chi connectivity index (χ3v) is 4.01. The summed E-state index contributed by atoms with van der Waals surface area (Å²) < 4.78 is 56.4. The quantitative estimate of drug-likeness (QED) is 0.794. The summed E-state index contributed by atoms with van der Waals surface area (Å²) >= 11 is 0. The molecular formula is C11H7F3N4O2S. The molecule has 110 valence electrons. The molecular weight excluding hydrogens is 309 g/mol. The molecule has 6 nitrogen and oxygen atoms in total. The van der Waals surface area contributed by atoms with E-state index in [0.29, 0.717) is 0 Å². The highest BCUT2D eigenvalue weighted by atomic mass is 32.2. The maximum Gasteiger partial charge on any atom is 0.471 e. The van der Waals surface area contributed by atoms with E-state index in [4.69, 9.17) is 5.26 Å². The number of nitrogens with zero attached hydrogens (tertiary/aromatic N) is 4. The summed E-state index contributed by atoms with van der Waals surface area (Å²) in [6.07, 6.45) is -1.98. The summed E-state index contributed by atoms with van der Waals surface area (Å²) in [7, 11) is -2.86. The van der Waals surface area contributed by atoms with Crippen LogP contribution in [-0.2, 0) is 15.9 Å². The number of aromatic nitrogens is 2. The van der Waals surface area contributed by atoms with Crippen LogP contribution in [0.1, 0.15) is 5.89 Å². The molecule has 1 aromatic heterocycles. The van der Waals surface area contributed by atoms with E-state index in [1.165, 1.54) is 36.7 Å². The minimum absolute atomic E-state index is 0.242. The van der Waals surface area contributed by atoms with Gasteiger partial charge in [-0.05, 0) is 24.3 Å². The first-order valence-corrected chi connectivity index (χ1v) is 7.28. The van der Waals surface area contributed by atoms with Crippen molar-refractivity contribution in [2.24, 2.45) is 4.36 Å². The van der Waals surface area contributed by atoms with Crippen molar-refractivity contribution in [2.75, 3.05) is 6.26 Å². The molecule has 0 saturated carbocycles. The molecule has 0 saturated heterocycles. The summed E-state index contributed by atoms with van der Waals surface area (Å²) in [5, 5.41) is 11.7. The van der Waals surface area contributed by atoms with Gasteiger partial charge in [0.1, 0.15) is 0 Å². The van der Waals surface area contributed by atoms with Gasteiger partial charge in [0.2, 0.25) is 12.0 Å². The van der Waals surface area contributed by atoms with Crippen molar-refractivity contribution in [1.82, 2.24) is 10.1 Å². The van der Waals surface area contributed by atoms with Crippen molar-refractivity contribution >= 4 is 9.73 Å². The number of rotatable bonds is 2. The first-order chi connectivity index (χ1) is 9.74. The van der Waals surface area contributed by atoms with E-state index in [1.807, 2.05) is 0 Å². The topological polar surface area (TPSA) is 92.1 Å². The molecule has 0 radical (unpaired) electrons. The van der Waals surface area contributed by atoms with E-state index < -0.39 is 21.8 Å². The lowest BCUT2D eigenvalue weighted by Gasteiger charge is -2.02. The van der Waals surface area contributed by atoms with Gasteiger partial charge in [0, 0.05) is 16.7 Å². The molecule has 0 aliphatic rings. The van der Waals surface area contributed by atoms with Crippen LogP contribution in [0.2, 0.25) is 0 Å². The van der Waals surface area contributed by atoms with Crippen molar-refractivity contribution < 1.29 is 21.9 Å². The van der Waals surface area contributed by atoms with Gasteiger partial charge >= 0.3 is 12.1 Å². The second kappa shape index (κ2) is 5.17. The fourth-order valence-electron chi connectivity index (χ4n) is 1.44. The van der Waals surface area contributed by atoms with E-state index in [9.17, 15) is 17.4 Å². The summed E-state index contributed by atoms with van der Waals surface area (Å²) in [4.78, 5) is 3.50. The Morgan fingerprint density at radius 3 is 2.43 bits per heavy atom. The lowest BCUT2D eigenvalue weighted by atomic mass is 10.2. The van der Waals surface area contributed by atoms with Gasteiger partial charge in [-0.2, -0.15) is 23.4 Å². The van der Waals surface area contributed by atoms with Crippen LogP contribution in [0.4, 0.5) is 13.2 Å². The highest BCUT2D eigenvalue weighted by Gasteiger charge is 2.38. The van der Waals surface area contributed by atoms with Gasteiger partial charge in [-0.25, -0.2) is 4.21 Å². The highest BCUT2D eigenvalue weighted by molar-refractivity contribution is 7.93. The highest BCUT2D eigenvalue weighted by Crippen LogP contribution is 2.29. The fraction of sp³-hybridized carbons (Fsp3) is 0.182. The average Bonchev–Trinajstić information content (AvgIpc) is 2.88. The lowest BCUT2D eigenvalue weighted by Crippen LogP contribution is -2.04. The Labute approximate surface area is 117 Å². The zero-order valence-corrected chi connectivity index (χ0v) is 11.3. The Morgan fingerprint density at radius 2 is 1.95 bits per heavy atom. The number of nitriles is 1. The first-order valence-electron chi connectivity index (χ1n) is 5.35. The van der Waals surface area contributed by atoms with E-state index in [0.717, 1.165) is 0 Å². The SMILES string of the molecule is CS(=O)(=NC#N)c1ccc(-c2noc(C(F)(F)F)n2)cc1. The van der Waals surface area contributed by atoms with Crippen LogP contribution in [0.3, 0.4) is 0 Å². The molecule has 0 bridgehead atoms. The standard InChI is InChI=1S/C11H7F3N4O2S/c1-21(19,16-6-15)8-4-2-7(3-5-8)9-17-10(20-18-9)11(12,13)14/h2-5H,1H3. The predicted molar refractivity (Wildman–Crippen MR) is 65.1 cm³/mol. The van der Waals surface area contributed by atoms with E-state index in [-0.39, 0.29) is 16.3 Å². The van der Waals surface area contributed by atoms with E-state index >= 15 is 0 Å². The Morgan fingerprint density at radius 1 is 1.33 bits per heavy atom. The van der Waals surface area contributed by atoms with Gasteiger partial charge in [-0.1, -0.05) is 5.16 Å². The van der Waals surface area contributed by atoms with Gasteiger partial charge in [0.15, 0.2) is 0 Å². The molecule has 10 heteroatoms. The largest absolute Gasteiger partial charge is 0.471 e. The molecule has 1 heterocycles. The maximum atomic E-state index is 12.3. The molecule has 2 aromatic rings. The first kappa shape index (κ1) is 15.0. The molecule has 0 fully saturated rings. The molecule has 1 aromatic carbocycles. The second-order valence-electron chi connectivity index (χ2n) is 3.94. The van der Waals surface area contributed by atoms with Crippen LogP contribution >= 0.6 is 0 Å². The monoisotopic (exact) mass is 316 g/mol. The zero-order chi connectivity index (χ0) is 15.7. The zero-order valence-electron chi connectivity index (χ0n) is 10.5. The van der Waals surface area contributed by atoms with Crippen LogP contribution in [-0.4, -0.2) is 20.6 Å². The predicted octanol–water partition coefficient (Wildman–Crippen LogP) is 2.69. The third-order valence-electron chi connectivity index (χ3n) is 2.43. The van der Waals surface area contributed by atoms with Crippen molar-refractivity contribution in [3.8, 4) is 17.6 Å². The second-order valence-corrected chi connectivity index (χ2v) is 6.20.